The van der Waals surface area contributed by atoms with Gasteiger partial charge in [-0.05, 0) is 74.1 Å². The van der Waals surface area contributed by atoms with Gasteiger partial charge in [0.1, 0.15) is 5.75 Å². The molecule has 188 valence electrons. The lowest BCUT2D eigenvalue weighted by atomic mass is 10.1. The van der Waals surface area contributed by atoms with Crippen LogP contribution in [0.15, 0.2) is 48.5 Å². The number of anilines is 1. The van der Waals surface area contributed by atoms with Crippen molar-refractivity contribution >= 4 is 17.6 Å². The van der Waals surface area contributed by atoms with Crippen molar-refractivity contribution in [3.8, 4) is 5.75 Å². The highest BCUT2D eigenvalue weighted by molar-refractivity contribution is 5.94. The van der Waals surface area contributed by atoms with Crippen LogP contribution >= 0.6 is 0 Å². The van der Waals surface area contributed by atoms with Gasteiger partial charge in [-0.3, -0.25) is 4.79 Å². The summed E-state index contributed by atoms with van der Waals surface area (Å²) in [4.78, 5) is 26.9. The third-order valence-electron chi connectivity index (χ3n) is 6.15. The van der Waals surface area contributed by atoms with E-state index in [1.54, 1.807) is 24.3 Å². The maximum Gasteiger partial charge on any atom is 0.416 e. The third kappa shape index (κ3) is 6.88. The standard InChI is InChI=1S/C25H28F3N3O4/c26-25(27,28)18-3-1-4-19(13-18)29-24(34)31-12-2-5-22(32)21(14-31)30-23(33)17-8-10-20(11-9-17)35-15-16-6-7-16/h1,3-4,8-11,13,16,21-22,32H,2,5-7,12,14-15H2,(H,29,34)(H,30,33)/t21-,22-/m1/s1. The average molecular weight is 492 g/mol. The highest BCUT2D eigenvalue weighted by Gasteiger charge is 2.32. The van der Waals surface area contributed by atoms with Crippen LogP contribution in [0.4, 0.5) is 23.7 Å². The van der Waals surface area contributed by atoms with E-state index in [1.807, 2.05) is 0 Å². The minimum absolute atomic E-state index is 0.0131. The molecule has 0 radical (unpaired) electrons. The average Bonchev–Trinajstić information content (AvgIpc) is 3.67. The lowest BCUT2D eigenvalue weighted by Gasteiger charge is -2.27. The topological polar surface area (TPSA) is 90.9 Å². The number of urea groups is 1. The van der Waals surface area contributed by atoms with Crippen molar-refractivity contribution in [1.29, 1.82) is 0 Å². The van der Waals surface area contributed by atoms with Crippen molar-refractivity contribution in [2.45, 2.75) is 44.0 Å². The van der Waals surface area contributed by atoms with Gasteiger partial charge in [-0.2, -0.15) is 13.2 Å². The number of carbonyl (C=O) groups is 2. The molecule has 1 saturated heterocycles. The molecular formula is C25H28F3N3O4. The second kappa shape index (κ2) is 10.6. The molecule has 2 aromatic rings. The Morgan fingerprint density at radius 2 is 1.83 bits per heavy atom. The number of aliphatic hydroxyl groups excluding tert-OH is 1. The minimum atomic E-state index is -4.52. The normalized spacial score (nSPS) is 20.6. The van der Waals surface area contributed by atoms with Crippen molar-refractivity contribution in [3.63, 3.8) is 0 Å². The Kier molecular flexibility index (Phi) is 7.49. The number of carbonyl (C=O) groups excluding carboxylic acids is 2. The molecule has 1 saturated carbocycles. The Morgan fingerprint density at radius 3 is 2.51 bits per heavy atom. The van der Waals surface area contributed by atoms with Gasteiger partial charge in [0, 0.05) is 24.3 Å². The fourth-order valence-electron chi connectivity index (χ4n) is 3.90. The summed E-state index contributed by atoms with van der Waals surface area (Å²) in [5, 5.41) is 15.8. The van der Waals surface area contributed by atoms with Crippen molar-refractivity contribution in [3.05, 3.63) is 59.7 Å². The molecule has 1 aliphatic carbocycles. The predicted molar refractivity (Wildman–Crippen MR) is 123 cm³/mol. The summed E-state index contributed by atoms with van der Waals surface area (Å²) in [7, 11) is 0. The van der Waals surface area contributed by atoms with Crippen LogP contribution in [0.1, 0.15) is 41.6 Å². The van der Waals surface area contributed by atoms with E-state index in [0.717, 1.165) is 12.1 Å². The molecule has 4 rings (SSSR count). The summed E-state index contributed by atoms with van der Waals surface area (Å²) in [6, 6.07) is 9.75. The molecule has 7 nitrogen and oxygen atoms in total. The Hall–Kier alpha value is -3.27. The number of alkyl halides is 3. The van der Waals surface area contributed by atoms with E-state index in [1.165, 1.54) is 29.9 Å². The van der Waals surface area contributed by atoms with Crippen LogP contribution in [0.2, 0.25) is 0 Å². The summed E-state index contributed by atoms with van der Waals surface area (Å²) in [5.74, 6) is 0.895. The number of halogens is 3. The minimum Gasteiger partial charge on any atom is -0.493 e. The number of ether oxygens (including phenoxy) is 1. The number of hydrogen-bond donors (Lipinski definition) is 3. The van der Waals surface area contributed by atoms with Crippen LogP contribution in [0, 0.1) is 5.92 Å². The molecule has 2 aromatic carbocycles. The first-order valence-electron chi connectivity index (χ1n) is 11.6. The number of amides is 3. The zero-order valence-electron chi connectivity index (χ0n) is 19.1. The highest BCUT2D eigenvalue weighted by atomic mass is 19.4. The monoisotopic (exact) mass is 491 g/mol. The molecule has 3 amide bonds. The molecule has 10 heteroatoms. The Balaban J connectivity index is 1.36. The molecule has 3 N–H and O–H groups in total. The quantitative estimate of drug-likeness (QED) is 0.563. The molecule has 35 heavy (non-hydrogen) atoms. The third-order valence-corrected chi connectivity index (χ3v) is 6.15. The number of rotatable bonds is 6. The molecule has 0 aromatic heterocycles. The van der Waals surface area contributed by atoms with Gasteiger partial charge in [0.25, 0.3) is 5.91 Å². The van der Waals surface area contributed by atoms with Gasteiger partial charge in [0.05, 0.1) is 24.3 Å². The van der Waals surface area contributed by atoms with Gasteiger partial charge in [0.15, 0.2) is 0 Å². The van der Waals surface area contributed by atoms with Crippen molar-refractivity contribution < 1.29 is 32.6 Å². The number of likely N-dealkylation sites (tertiary alicyclic amines) is 1. The number of nitrogens with one attached hydrogen (secondary N) is 2. The molecule has 2 atom stereocenters. The number of benzene rings is 2. The first-order chi connectivity index (χ1) is 16.7. The molecule has 0 unspecified atom stereocenters. The first kappa shape index (κ1) is 24.8. The molecule has 0 bridgehead atoms. The molecule has 0 spiro atoms. The van der Waals surface area contributed by atoms with Crippen LogP contribution in [0.3, 0.4) is 0 Å². The number of aliphatic hydroxyl groups is 1. The lowest BCUT2D eigenvalue weighted by Crippen LogP contribution is -2.50. The molecule has 2 fully saturated rings. The van der Waals surface area contributed by atoms with Crippen LogP contribution in [-0.4, -0.2) is 53.8 Å². The van der Waals surface area contributed by atoms with Gasteiger partial charge in [0.2, 0.25) is 0 Å². The van der Waals surface area contributed by atoms with Gasteiger partial charge >= 0.3 is 12.2 Å². The first-order valence-corrected chi connectivity index (χ1v) is 11.6. The fourth-order valence-corrected chi connectivity index (χ4v) is 3.90. The fraction of sp³-hybridized carbons (Fsp3) is 0.440. The van der Waals surface area contributed by atoms with Crippen LogP contribution in [0.25, 0.3) is 0 Å². The molecular weight excluding hydrogens is 463 g/mol. The summed E-state index contributed by atoms with van der Waals surface area (Å²) in [5.41, 5.74) is -0.463. The van der Waals surface area contributed by atoms with E-state index < -0.39 is 35.8 Å². The van der Waals surface area contributed by atoms with Crippen molar-refractivity contribution in [2.24, 2.45) is 5.92 Å². The zero-order chi connectivity index (χ0) is 25.0. The Bertz CT molecular complexity index is 1040. The van der Waals surface area contributed by atoms with Crippen molar-refractivity contribution in [1.82, 2.24) is 10.2 Å². The van der Waals surface area contributed by atoms with E-state index in [0.29, 0.717) is 43.2 Å². The van der Waals surface area contributed by atoms with E-state index in [2.05, 4.69) is 10.6 Å². The molecule has 1 heterocycles. The van der Waals surface area contributed by atoms with Gasteiger partial charge in [-0.15, -0.1) is 0 Å². The molecule has 1 aliphatic heterocycles. The maximum absolute atomic E-state index is 13.0. The van der Waals surface area contributed by atoms with E-state index in [4.69, 9.17) is 4.74 Å². The summed E-state index contributed by atoms with van der Waals surface area (Å²) >= 11 is 0. The van der Waals surface area contributed by atoms with Crippen molar-refractivity contribution in [2.75, 3.05) is 25.0 Å². The lowest BCUT2D eigenvalue weighted by molar-refractivity contribution is -0.137. The predicted octanol–water partition coefficient (Wildman–Crippen LogP) is 4.28. The number of nitrogens with zero attached hydrogens (tertiary/aromatic N) is 1. The van der Waals surface area contributed by atoms with Crippen LogP contribution < -0.4 is 15.4 Å². The Labute approximate surface area is 201 Å². The van der Waals surface area contributed by atoms with E-state index in [-0.39, 0.29) is 12.2 Å². The summed E-state index contributed by atoms with van der Waals surface area (Å²) in [6.07, 6.45) is -2.18. The van der Waals surface area contributed by atoms with Crippen LogP contribution in [0.5, 0.6) is 5.75 Å². The maximum atomic E-state index is 13.0. The molecule has 2 aliphatic rings. The van der Waals surface area contributed by atoms with Gasteiger partial charge < -0.3 is 25.4 Å². The van der Waals surface area contributed by atoms with E-state index >= 15 is 0 Å². The van der Waals surface area contributed by atoms with Gasteiger partial charge in [-0.1, -0.05) is 6.07 Å². The van der Waals surface area contributed by atoms with Gasteiger partial charge in [-0.25, -0.2) is 4.79 Å². The Morgan fingerprint density at radius 1 is 1.09 bits per heavy atom. The van der Waals surface area contributed by atoms with Crippen LogP contribution in [-0.2, 0) is 6.18 Å². The summed E-state index contributed by atoms with van der Waals surface area (Å²) in [6.45, 7) is 0.972. The highest BCUT2D eigenvalue weighted by Crippen LogP contribution is 2.31. The zero-order valence-corrected chi connectivity index (χ0v) is 19.1. The summed E-state index contributed by atoms with van der Waals surface area (Å²) < 4.78 is 44.6. The SMILES string of the molecule is O=C(N[C@@H]1CN(C(=O)Nc2cccc(C(F)(F)F)c2)CCC[C@H]1O)c1ccc(OCC2CC2)cc1. The van der Waals surface area contributed by atoms with E-state index in [9.17, 15) is 27.9 Å². The number of hydrogen-bond acceptors (Lipinski definition) is 4. The largest absolute Gasteiger partial charge is 0.493 e. The second-order valence-electron chi connectivity index (χ2n) is 9.02. The second-order valence-corrected chi connectivity index (χ2v) is 9.02. The smallest absolute Gasteiger partial charge is 0.416 e.